The van der Waals surface area contributed by atoms with Crippen molar-refractivity contribution in [3.8, 4) is 0 Å². The van der Waals surface area contributed by atoms with Gasteiger partial charge in [0.25, 0.3) is 5.91 Å². The molecule has 0 saturated heterocycles. The molecule has 1 heterocycles. The molecule has 7 heteroatoms. The summed E-state index contributed by atoms with van der Waals surface area (Å²) in [6.45, 7) is 0.502. The summed E-state index contributed by atoms with van der Waals surface area (Å²) in [5.41, 5.74) is 1.69. The van der Waals surface area contributed by atoms with Crippen LogP contribution in [0.5, 0.6) is 0 Å². The number of benzene rings is 2. The number of rotatable bonds is 6. The second-order valence-corrected chi connectivity index (χ2v) is 6.64. The van der Waals surface area contributed by atoms with Crippen LogP contribution in [-0.4, -0.2) is 29.0 Å². The first kappa shape index (κ1) is 19.4. The maximum absolute atomic E-state index is 12.4. The van der Waals surface area contributed by atoms with Gasteiger partial charge in [-0.05, 0) is 29.8 Å². The Morgan fingerprint density at radius 1 is 1.11 bits per heavy atom. The Morgan fingerprint density at radius 3 is 2.54 bits per heavy atom. The molecule has 0 aliphatic carbocycles. The molecule has 6 nitrogen and oxygen atoms in total. The van der Waals surface area contributed by atoms with Crippen LogP contribution in [0.25, 0.3) is 0 Å². The van der Waals surface area contributed by atoms with E-state index < -0.39 is 11.9 Å². The fraction of sp³-hybridized carbons (Fsp3) is 0.0952. The molecule has 0 aliphatic heterocycles. The summed E-state index contributed by atoms with van der Waals surface area (Å²) in [5, 5.41) is 12.7. The second kappa shape index (κ2) is 8.54. The maximum atomic E-state index is 12.4. The van der Waals surface area contributed by atoms with Crippen LogP contribution in [0.15, 0.2) is 66.9 Å². The lowest BCUT2D eigenvalue weighted by molar-refractivity contribution is 0.0696. The number of anilines is 2. The van der Waals surface area contributed by atoms with Crippen molar-refractivity contribution in [3.05, 3.63) is 88.6 Å². The van der Waals surface area contributed by atoms with Crippen LogP contribution >= 0.6 is 11.6 Å². The summed E-state index contributed by atoms with van der Waals surface area (Å²) < 4.78 is 0. The van der Waals surface area contributed by atoms with Crippen molar-refractivity contribution in [1.29, 1.82) is 0 Å². The number of nitrogens with zero attached hydrogens (tertiary/aromatic N) is 2. The zero-order valence-corrected chi connectivity index (χ0v) is 15.8. The number of carbonyl (C=O) groups is 2. The zero-order valence-electron chi connectivity index (χ0n) is 15.1. The molecular formula is C21H18ClN3O3. The van der Waals surface area contributed by atoms with E-state index in [1.54, 1.807) is 30.1 Å². The molecule has 0 unspecified atom stereocenters. The SMILES string of the molecule is CN(Cc1ccccc1)c1ncc(NC(=O)c2cccc(Cl)c2)cc1C(=O)O. The highest BCUT2D eigenvalue weighted by Crippen LogP contribution is 2.23. The fourth-order valence-electron chi connectivity index (χ4n) is 2.75. The van der Waals surface area contributed by atoms with Crippen LogP contribution in [0, 0.1) is 0 Å². The standard InChI is InChI=1S/C21H18ClN3O3/c1-25(13-14-6-3-2-4-7-14)19-18(21(27)28)11-17(12-23-19)24-20(26)15-8-5-9-16(22)10-15/h2-12H,13H2,1H3,(H,24,26)(H,27,28). The summed E-state index contributed by atoms with van der Waals surface area (Å²) in [4.78, 5) is 30.1. The number of aromatic carboxylic acids is 1. The van der Waals surface area contributed by atoms with Gasteiger partial charge in [-0.15, -0.1) is 0 Å². The highest BCUT2D eigenvalue weighted by Gasteiger charge is 2.17. The van der Waals surface area contributed by atoms with Gasteiger partial charge in [-0.3, -0.25) is 4.79 Å². The quantitative estimate of drug-likeness (QED) is 0.649. The first-order chi connectivity index (χ1) is 13.4. The van der Waals surface area contributed by atoms with Crippen LogP contribution in [0.3, 0.4) is 0 Å². The Kier molecular flexibility index (Phi) is 5.91. The second-order valence-electron chi connectivity index (χ2n) is 6.21. The number of amides is 1. The summed E-state index contributed by atoms with van der Waals surface area (Å²) in [6.07, 6.45) is 1.44. The number of halogens is 1. The molecule has 2 aromatic carbocycles. The lowest BCUT2D eigenvalue weighted by Gasteiger charge is -2.20. The predicted molar refractivity (Wildman–Crippen MR) is 109 cm³/mol. The van der Waals surface area contributed by atoms with Crippen molar-refractivity contribution < 1.29 is 14.7 Å². The molecule has 28 heavy (non-hydrogen) atoms. The molecule has 3 aromatic rings. The number of carboxylic acid groups (broad SMARTS) is 1. The van der Waals surface area contributed by atoms with E-state index in [0.717, 1.165) is 5.56 Å². The molecule has 0 saturated carbocycles. The summed E-state index contributed by atoms with van der Waals surface area (Å²) in [7, 11) is 1.77. The normalized spacial score (nSPS) is 10.4. The Labute approximate surface area is 167 Å². The number of carboxylic acids is 1. The molecule has 0 fully saturated rings. The summed E-state index contributed by atoms with van der Waals surface area (Å²) in [5.74, 6) is -1.20. The van der Waals surface area contributed by atoms with Gasteiger partial charge >= 0.3 is 5.97 Å². The minimum Gasteiger partial charge on any atom is -0.478 e. The third-order valence-electron chi connectivity index (χ3n) is 4.07. The largest absolute Gasteiger partial charge is 0.478 e. The van der Waals surface area contributed by atoms with Crippen molar-refractivity contribution in [2.45, 2.75) is 6.54 Å². The van der Waals surface area contributed by atoms with Gasteiger partial charge in [0.2, 0.25) is 0 Å². The fourth-order valence-corrected chi connectivity index (χ4v) is 2.94. The number of hydrogen-bond donors (Lipinski definition) is 2. The van der Waals surface area contributed by atoms with E-state index in [1.807, 2.05) is 30.3 Å². The first-order valence-corrected chi connectivity index (χ1v) is 8.87. The highest BCUT2D eigenvalue weighted by atomic mass is 35.5. The van der Waals surface area contributed by atoms with E-state index in [-0.39, 0.29) is 5.56 Å². The Morgan fingerprint density at radius 2 is 1.86 bits per heavy atom. The van der Waals surface area contributed by atoms with E-state index in [9.17, 15) is 14.7 Å². The average Bonchev–Trinajstić information content (AvgIpc) is 2.68. The van der Waals surface area contributed by atoms with Crippen LogP contribution in [-0.2, 0) is 6.54 Å². The Bertz CT molecular complexity index is 1010. The third kappa shape index (κ3) is 4.66. The van der Waals surface area contributed by atoms with Gasteiger partial charge in [-0.1, -0.05) is 48.0 Å². The molecule has 0 atom stereocenters. The summed E-state index contributed by atoms with van der Waals surface area (Å²) in [6, 6.07) is 17.6. The van der Waals surface area contributed by atoms with Crippen LogP contribution < -0.4 is 10.2 Å². The smallest absolute Gasteiger partial charge is 0.339 e. The molecular weight excluding hydrogens is 378 g/mol. The van der Waals surface area contributed by atoms with Crippen LogP contribution in [0.1, 0.15) is 26.3 Å². The van der Waals surface area contributed by atoms with Crippen molar-refractivity contribution in [3.63, 3.8) is 0 Å². The number of nitrogens with one attached hydrogen (secondary N) is 1. The van der Waals surface area contributed by atoms with E-state index in [1.165, 1.54) is 18.3 Å². The predicted octanol–water partition coefficient (Wildman–Crippen LogP) is 4.32. The molecule has 1 amide bonds. The molecule has 3 rings (SSSR count). The topological polar surface area (TPSA) is 82.5 Å². The average molecular weight is 396 g/mol. The van der Waals surface area contributed by atoms with E-state index in [4.69, 9.17) is 11.6 Å². The van der Waals surface area contributed by atoms with Crippen LogP contribution in [0.2, 0.25) is 5.02 Å². The first-order valence-electron chi connectivity index (χ1n) is 8.49. The van der Waals surface area contributed by atoms with Crippen molar-refractivity contribution in [2.24, 2.45) is 0 Å². The molecule has 0 aliphatic rings. The van der Waals surface area contributed by atoms with E-state index in [0.29, 0.717) is 28.6 Å². The number of aromatic nitrogens is 1. The van der Waals surface area contributed by atoms with Gasteiger partial charge in [0.15, 0.2) is 0 Å². The molecule has 0 spiro atoms. The molecule has 142 valence electrons. The van der Waals surface area contributed by atoms with Gasteiger partial charge in [-0.2, -0.15) is 0 Å². The van der Waals surface area contributed by atoms with Gasteiger partial charge in [0, 0.05) is 24.2 Å². The lowest BCUT2D eigenvalue weighted by Crippen LogP contribution is -2.21. The minimum absolute atomic E-state index is 0.00215. The molecule has 1 aromatic heterocycles. The molecule has 0 bridgehead atoms. The number of hydrogen-bond acceptors (Lipinski definition) is 4. The van der Waals surface area contributed by atoms with Crippen molar-refractivity contribution in [2.75, 3.05) is 17.3 Å². The summed E-state index contributed by atoms with van der Waals surface area (Å²) >= 11 is 5.91. The van der Waals surface area contributed by atoms with E-state index in [2.05, 4.69) is 10.3 Å². The Balaban J connectivity index is 1.82. The van der Waals surface area contributed by atoms with Gasteiger partial charge in [-0.25, -0.2) is 9.78 Å². The highest BCUT2D eigenvalue weighted by molar-refractivity contribution is 6.31. The van der Waals surface area contributed by atoms with Crippen LogP contribution in [0.4, 0.5) is 11.5 Å². The van der Waals surface area contributed by atoms with Crippen molar-refractivity contribution >= 4 is 35.0 Å². The Hall–Kier alpha value is -3.38. The monoisotopic (exact) mass is 395 g/mol. The zero-order chi connectivity index (χ0) is 20.1. The third-order valence-corrected chi connectivity index (χ3v) is 4.30. The van der Waals surface area contributed by atoms with Crippen molar-refractivity contribution in [1.82, 2.24) is 4.98 Å². The number of carbonyl (C=O) groups excluding carboxylic acids is 1. The lowest BCUT2D eigenvalue weighted by atomic mass is 10.1. The van der Waals surface area contributed by atoms with E-state index >= 15 is 0 Å². The van der Waals surface area contributed by atoms with Gasteiger partial charge < -0.3 is 15.3 Å². The number of pyridine rings is 1. The maximum Gasteiger partial charge on any atom is 0.339 e. The molecule has 0 radical (unpaired) electrons. The van der Waals surface area contributed by atoms with Gasteiger partial charge in [0.05, 0.1) is 11.9 Å². The molecule has 2 N–H and O–H groups in total. The minimum atomic E-state index is -1.12. The van der Waals surface area contributed by atoms with Gasteiger partial charge in [0.1, 0.15) is 11.4 Å².